The third-order valence-electron chi connectivity index (χ3n) is 6.07. The summed E-state index contributed by atoms with van der Waals surface area (Å²) >= 11 is 0. The molecule has 1 heterocycles. The highest BCUT2D eigenvalue weighted by atomic mass is 19.3. The fraction of sp³-hybridized carbons (Fsp3) is 0.200. The molecule has 4 rings (SSSR count). The van der Waals surface area contributed by atoms with E-state index in [-0.39, 0.29) is 17.7 Å². The summed E-state index contributed by atoms with van der Waals surface area (Å²) in [6.07, 6.45) is -2.33. The van der Waals surface area contributed by atoms with Gasteiger partial charge in [0, 0.05) is 23.7 Å². The number of carbonyl (C=O) groups is 1. The first kappa shape index (κ1) is 25.8. The van der Waals surface area contributed by atoms with Crippen LogP contribution >= 0.6 is 0 Å². The van der Waals surface area contributed by atoms with Crippen molar-refractivity contribution >= 4 is 5.91 Å². The lowest BCUT2D eigenvalue weighted by molar-refractivity contribution is -0.131. The summed E-state index contributed by atoms with van der Waals surface area (Å²) < 4.78 is 33.8. The lowest BCUT2D eigenvalue weighted by Crippen LogP contribution is -2.30. The Morgan fingerprint density at radius 3 is 2.19 bits per heavy atom. The molecule has 0 aliphatic carbocycles. The van der Waals surface area contributed by atoms with Gasteiger partial charge in [-0.2, -0.15) is 8.78 Å². The van der Waals surface area contributed by atoms with Crippen LogP contribution in [0, 0.1) is 0 Å². The number of amides is 1. The molecule has 0 fully saturated rings. The molecule has 190 valence electrons. The first-order valence-electron chi connectivity index (χ1n) is 12.2. The third kappa shape index (κ3) is 5.77. The van der Waals surface area contributed by atoms with Gasteiger partial charge in [-0.05, 0) is 43.2 Å². The zero-order valence-electron chi connectivity index (χ0n) is 20.8. The van der Waals surface area contributed by atoms with Crippen LogP contribution in [-0.4, -0.2) is 21.6 Å². The van der Waals surface area contributed by atoms with Crippen LogP contribution in [0.5, 0.6) is 5.75 Å². The quantitative estimate of drug-likeness (QED) is 0.232. The minimum atomic E-state index is -3.48. The molecule has 5 nitrogen and oxygen atoms in total. The third-order valence-corrected chi connectivity index (χ3v) is 6.07. The van der Waals surface area contributed by atoms with Crippen LogP contribution in [0.15, 0.2) is 97.6 Å². The molecule has 1 aromatic heterocycles. The number of alkyl halides is 2. The molecule has 1 unspecified atom stereocenters. The number of carbonyl (C=O) groups excluding carboxylic acids is 1. The molecule has 1 atom stereocenters. The van der Waals surface area contributed by atoms with Gasteiger partial charge < -0.3 is 14.6 Å². The SMILES string of the molecule is C=CC(F)(F)Oc1ccc(-c2nc(-c3ccccc3)n(CC)c2C(=O)NC(CC)c2ccccc2)cc1. The number of hydrogen-bond donors (Lipinski definition) is 1. The van der Waals surface area contributed by atoms with Crippen molar-refractivity contribution in [3.05, 3.63) is 109 Å². The van der Waals surface area contributed by atoms with E-state index in [0.29, 0.717) is 41.8 Å². The second-order valence-electron chi connectivity index (χ2n) is 8.48. The highest BCUT2D eigenvalue weighted by Gasteiger charge is 2.28. The summed E-state index contributed by atoms with van der Waals surface area (Å²) in [5.41, 5.74) is 3.35. The van der Waals surface area contributed by atoms with Crippen molar-refractivity contribution in [2.75, 3.05) is 0 Å². The second kappa shape index (κ2) is 11.2. The fourth-order valence-corrected chi connectivity index (χ4v) is 4.21. The number of aromatic nitrogens is 2. The van der Waals surface area contributed by atoms with Crippen LogP contribution in [0.3, 0.4) is 0 Å². The molecule has 0 saturated carbocycles. The predicted molar refractivity (Wildman–Crippen MR) is 141 cm³/mol. The molecular formula is C30H29F2N3O2. The van der Waals surface area contributed by atoms with E-state index < -0.39 is 6.11 Å². The van der Waals surface area contributed by atoms with Gasteiger partial charge in [0.2, 0.25) is 0 Å². The molecule has 1 N–H and O–H groups in total. The van der Waals surface area contributed by atoms with Crippen LogP contribution in [0.4, 0.5) is 8.78 Å². The Balaban J connectivity index is 1.78. The molecular weight excluding hydrogens is 472 g/mol. The van der Waals surface area contributed by atoms with E-state index in [9.17, 15) is 13.6 Å². The summed E-state index contributed by atoms with van der Waals surface area (Å²) in [4.78, 5) is 18.7. The van der Waals surface area contributed by atoms with Gasteiger partial charge in [0.25, 0.3) is 5.91 Å². The molecule has 1 amide bonds. The molecule has 3 aromatic carbocycles. The Bertz CT molecular complexity index is 1350. The average Bonchev–Trinajstić information content (AvgIpc) is 3.32. The van der Waals surface area contributed by atoms with Crippen LogP contribution in [0.25, 0.3) is 22.6 Å². The lowest BCUT2D eigenvalue weighted by atomic mass is 10.0. The molecule has 0 aliphatic heterocycles. The lowest BCUT2D eigenvalue weighted by Gasteiger charge is -2.19. The van der Waals surface area contributed by atoms with E-state index in [1.807, 2.05) is 79.1 Å². The number of halogens is 2. The maximum Gasteiger partial charge on any atom is 0.419 e. The van der Waals surface area contributed by atoms with E-state index in [1.165, 1.54) is 12.1 Å². The molecule has 37 heavy (non-hydrogen) atoms. The number of rotatable bonds is 10. The molecule has 7 heteroatoms. The molecule has 4 aromatic rings. The van der Waals surface area contributed by atoms with Crippen molar-refractivity contribution in [1.29, 1.82) is 0 Å². The first-order chi connectivity index (χ1) is 17.9. The van der Waals surface area contributed by atoms with Gasteiger partial charge in [-0.15, -0.1) is 0 Å². The van der Waals surface area contributed by atoms with Crippen LogP contribution in [0.1, 0.15) is 42.4 Å². The van der Waals surface area contributed by atoms with Gasteiger partial charge in [-0.1, -0.05) is 74.2 Å². The van der Waals surface area contributed by atoms with Crippen molar-refractivity contribution in [3.63, 3.8) is 0 Å². The summed E-state index contributed by atoms with van der Waals surface area (Å²) in [7, 11) is 0. The van der Waals surface area contributed by atoms with E-state index in [2.05, 4.69) is 11.9 Å². The molecule has 0 spiro atoms. The monoisotopic (exact) mass is 501 g/mol. The van der Waals surface area contributed by atoms with E-state index in [1.54, 1.807) is 12.1 Å². The number of imidazole rings is 1. The maximum atomic E-state index is 13.8. The van der Waals surface area contributed by atoms with Gasteiger partial charge in [-0.3, -0.25) is 4.79 Å². The van der Waals surface area contributed by atoms with Crippen molar-refractivity contribution in [2.24, 2.45) is 0 Å². The Morgan fingerprint density at radius 1 is 1.00 bits per heavy atom. The number of ether oxygens (including phenoxy) is 1. The van der Waals surface area contributed by atoms with Crippen LogP contribution in [0.2, 0.25) is 0 Å². The normalized spacial score (nSPS) is 12.1. The van der Waals surface area contributed by atoms with Gasteiger partial charge in [0.1, 0.15) is 23.0 Å². The summed E-state index contributed by atoms with van der Waals surface area (Å²) in [6.45, 7) is 7.58. The molecule has 0 bridgehead atoms. The largest absolute Gasteiger partial charge is 0.429 e. The molecule has 0 saturated heterocycles. The van der Waals surface area contributed by atoms with Gasteiger partial charge >= 0.3 is 6.11 Å². The highest BCUT2D eigenvalue weighted by Crippen LogP contribution is 2.32. The highest BCUT2D eigenvalue weighted by molar-refractivity contribution is 5.99. The van der Waals surface area contributed by atoms with Crippen molar-refractivity contribution in [2.45, 2.75) is 39.0 Å². The zero-order valence-corrected chi connectivity index (χ0v) is 20.8. The van der Waals surface area contributed by atoms with Crippen LogP contribution in [-0.2, 0) is 6.54 Å². The molecule has 0 radical (unpaired) electrons. The van der Waals surface area contributed by atoms with E-state index in [0.717, 1.165) is 11.1 Å². The second-order valence-corrected chi connectivity index (χ2v) is 8.48. The average molecular weight is 502 g/mol. The minimum Gasteiger partial charge on any atom is -0.429 e. The summed E-state index contributed by atoms with van der Waals surface area (Å²) in [6, 6.07) is 25.3. The Kier molecular flexibility index (Phi) is 7.82. The van der Waals surface area contributed by atoms with E-state index >= 15 is 0 Å². The Hall–Kier alpha value is -4.26. The van der Waals surface area contributed by atoms with Gasteiger partial charge in [0.15, 0.2) is 0 Å². The van der Waals surface area contributed by atoms with Crippen molar-refractivity contribution in [3.8, 4) is 28.4 Å². The molecule has 0 aliphatic rings. The number of hydrogen-bond acceptors (Lipinski definition) is 3. The zero-order chi connectivity index (χ0) is 26.4. The fourth-order valence-electron chi connectivity index (χ4n) is 4.21. The minimum absolute atomic E-state index is 0.0204. The Morgan fingerprint density at radius 2 is 1.62 bits per heavy atom. The standard InChI is InChI=1S/C30H29F2N3O2/c1-4-25(21-13-9-7-10-14-21)33-29(36)27-26(22-17-19-24(20-18-22)37-30(31,32)5-2)34-28(35(27)6-3)23-15-11-8-12-16-23/h5,7-20,25H,2,4,6H2,1,3H3,(H,33,36). The predicted octanol–water partition coefficient (Wildman–Crippen LogP) is 7.28. The van der Waals surface area contributed by atoms with Crippen LogP contribution < -0.4 is 10.1 Å². The van der Waals surface area contributed by atoms with Gasteiger partial charge in [0.05, 0.1) is 6.04 Å². The number of nitrogens with zero attached hydrogens (tertiary/aromatic N) is 2. The number of nitrogens with one attached hydrogen (secondary N) is 1. The first-order valence-corrected chi connectivity index (χ1v) is 12.2. The topological polar surface area (TPSA) is 56.2 Å². The van der Waals surface area contributed by atoms with E-state index in [4.69, 9.17) is 9.72 Å². The maximum absolute atomic E-state index is 13.8. The van der Waals surface area contributed by atoms with Gasteiger partial charge in [-0.25, -0.2) is 4.98 Å². The smallest absolute Gasteiger partial charge is 0.419 e. The van der Waals surface area contributed by atoms with Crippen molar-refractivity contribution < 1.29 is 18.3 Å². The Labute approximate surface area is 215 Å². The number of benzene rings is 3. The summed E-state index contributed by atoms with van der Waals surface area (Å²) in [5, 5.41) is 3.16. The summed E-state index contributed by atoms with van der Waals surface area (Å²) in [5.74, 6) is 0.364. The van der Waals surface area contributed by atoms with Crippen molar-refractivity contribution in [1.82, 2.24) is 14.9 Å².